The van der Waals surface area contributed by atoms with Crippen LogP contribution in [0.3, 0.4) is 0 Å². The molecule has 0 saturated carbocycles. The molecule has 2 amide bonds. The van der Waals surface area contributed by atoms with Crippen LogP contribution < -0.4 is 20.3 Å². The number of hydrogen-bond donors (Lipinski definition) is 3. The van der Waals surface area contributed by atoms with Crippen molar-refractivity contribution in [2.24, 2.45) is 0 Å². The van der Waals surface area contributed by atoms with Gasteiger partial charge >= 0.3 is 12.0 Å². The molecule has 2 aromatic carbocycles. The summed E-state index contributed by atoms with van der Waals surface area (Å²) in [6.45, 7) is 5.34. The van der Waals surface area contributed by atoms with Crippen LogP contribution in [-0.4, -0.2) is 68.4 Å². The first-order valence-corrected chi connectivity index (χ1v) is 10.5. The van der Waals surface area contributed by atoms with Crippen molar-refractivity contribution in [3.8, 4) is 5.75 Å². The van der Waals surface area contributed by atoms with Crippen LogP contribution in [0.25, 0.3) is 0 Å². The standard InChI is InChI=1S/C22H27ClN4O4/c1-31-20-15-17(5-8-19(20)21(28)29)25-22(30)24-9-2-10-26-11-13-27(14-12-26)18-6-3-16(23)4-7-18/h3-8,15H,2,9-14H2,1H3,(H,28,29)(H2,24,25,30). The number of carboxylic acid groups (broad SMARTS) is 1. The van der Waals surface area contributed by atoms with Gasteiger partial charge in [0.2, 0.25) is 0 Å². The fourth-order valence-electron chi connectivity index (χ4n) is 3.51. The van der Waals surface area contributed by atoms with E-state index in [4.69, 9.17) is 21.4 Å². The average molecular weight is 447 g/mol. The number of hydrogen-bond acceptors (Lipinski definition) is 5. The van der Waals surface area contributed by atoms with E-state index in [0.29, 0.717) is 12.2 Å². The minimum atomic E-state index is -1.08. The molecule has 0 spiro atoms. The summed E-state index contributed by atoms with van der Waals surface area (Å²) in [5.74, 6) is -0.884. The molecule has 0 unspecified atom stereocenters. The predicted octanol–water partition coefficient (Wildman–Crippen LogP) is 3.38. The van der Waals surface area contributed by atoms with Gasteiger partial charge in [0, 0.05) is 55.2 Å². The molecule has 2 aromatic rings. The van der Waals surface area contributed by atoms with Gasteiger partial charge in [-0.15, -0.1) is 0 Å². The molecule has 0 aromatic heterocycles. The van der Waals surface area contributed by atoms with Gasteiger partial charge < -0.3 is 25.4 Å². The number of nitrogens with one attached hydrogen (secondary N) is 2. The Morgan fingerprint density at radius 2 is 1.81 bits per heavy atom. The largest absolute Gasteiger partial charge is 0.496 e. The molecular weight excluding hydrogens is 420 g/mol. The lowest BCUT2D eigenvalue weighted by molar-refractivity contribution is 0.0693. The highest BCUT2D eigenvalue weighted by Gasteiger charge is 2.17. The number of carbonyl (C=O) groups excluding carboxylic acids is 1. The van der Waals surface area contributed by atoms with Crippen LogP contribution >= 0.6 is 11.6 Å². The highest BCUT2D eigenvalue weighted by molar-refractivity contribution is 6.30. The summed E-state index contributed by atoms with van der Waals surface area (Å²) in [6, 6.07) is 12.0. The molecule has 1 saturated heterocycles. The quantitative estimate of drug-likeness (QED) is 0.538. The second-order valence-electron chi connectivity index (χ2n) is 7.26. The number of halogens is 1. The molecule has 0 bridgehead atoms. The van der Waals surface area contributed by atoms with Gasteiger partial charge in [-0.05, 0) is 49.4 Å². The normalized spacial score (nSPS) is 14.2. The molecule has 0 radical (unpaired) electrons. The fourth-order valence-corrected chi connectivity index (χ4v) is 3.63. The zero-order valence-electron chi connectivity index (χ0n) is 17.4. The van der Waals surface area contributed by atoms with Gasteiger partial charge in [-0.2, -0.15) is 0 Å². The molecule has 0 aliphatic carbocycles. The van der Waals surface area contributed by atoms with Crippen LogP contribution in [0.5, 0.6) is 5.75 Å². The lowest BCUT2D eigenvalue weighted by Gasteiger charge is -2.36. The number of nitrogens with zero attached hydrogens (tertiary/aromatic N) is 2. The topological polar surface area (TPSA) is 94.1 Å². The van der Waals surface area contributed by atoms with E-state index in [1.54, 1.807) is 0 Å². The number of methoxy groups -OCH3 is 1. The van der Waals surface area contributed by atoms with E-state index < -0.39 is 5.97 Å². The first-order valence-electron chi connectivity index (χ1n) is 10.2. The van der Waals surface area contributed by atoms with Crippen molar-refractivity contribution in [1.29, 1.82) is 0 Å². The van der Waals surface area contributed by atoms with Gasteiger partial charge in [0.15, 0.2) is 0 Å². The Morgan fingerprint density at radius 3 is 2.45 bits per heavy atom. The number of benzene rings is 2. The van der Waals surface area contributed by atoms with E-state index in [1.165, 1.54) is 31.0 Å². The predicted molar refractivity (Wildman–Crippen MR) is 122 cm³/mol. The SMILES string of the molecule is COc1cc(NC(=O)NCCCN2CCN(c3ccc(Cl)cc3)CC2)ccc1C(=O)O. The molecule has 166 valence electrons. The Bertz CT molecular complexity index is 899. The maximum atomic E-state index is 12.1. The second-order valence-corrected chi connectivity index (χ2v) is 7.70. The number of rotatable bonds is 8. The van der Waals surface area contributed by atoms with E-state index in [2.05, 4.69) is 20.4 Å². The number of amides is 2. The summed E-state index contributed by atoms with van der Waals surface area (Å²) < 4.78 is 5.07. The van der Waals surface area contributed by atoms with E-state index in [0.717, 1.165) is 44.2 Å². The summed E-state index contributed by atoms with van der Waals surface area (Å²) in [4.78, 5) is 28.0. The number of urea groups is 1. The molecule has 31 heavy (non-hydrogen) atoms. The monoisotopic (exact) mass is 446 g/mol. The maximum absolute atomic E-state index is 12.1. The Labute approximate surface area is 186 Å². The van der Waals surface area contributed by atoms with Gasteiger partial charge in [-0.25, -0.2) is 9.59 Å². The van der Waals surface area contributed by atoms with Crippen molar-refractivity contribution in [2.45, 2.75) is 6.42 Å². The molecule has 8 nitrogen and oxygen atoms in total. The highest BCUT2D eigenvalue weighted by atomic mass is 35.5. The number of piperazine rings is 1. The van der Waals surface area contributed by atoms with Crippen LogP contribution in [-0.2, 0) is 0 Å². The van der Waals surface area contributed by atoms with Crippen LogP contribution in [0.15, 0.2) is 42.5 Å². The summed E-state index contributed by atoms with van der Waals surface area (Å²) >= 11 is 5.96. The summed E-state index contributed by atoms with van der Waals surface area (Å²) in [6.07, 6.45) is 0.843. The van der Waals surface area contributed by atoms with Crippen molar-refractivity contribution in [2.75, 3.05) is 56.6 Å². The van der Waals surface area contributed by atoms with Crippen LogP contribution in [0.2, 0.25) is 5.02 Å². The third kappa shape index (κ3) is 6.50. The molecule has 1 heterocycles. The van der Waals surface area contributed by atoms with E-state index >= 15 is 0 Å². The summed E-state index contributed by atoms with van der Waals surface area (Å²) in [5, 5.41) is 15.4. The lowest BCUT2D eigenvalue weighted by atomic mass is 10.2. The summed E-state index contributed by atoms with van der Waals surface area (Å²) in [7, 11) is 1.39. The number of carboxylic acids is 1. The number of aromatic carboxylic acids is 1. The molecule has 3 rings (SSSR count). The first kappa shape index (κ1) is 22.7. The van der Waals surface area contributed by atoms with Crippen molar-refractivity contribution in [3.63, 3.8) is 0 Å². The smallest absolute Gasteiger partial charge is 0.339 e. The van der Waals surface area contributed by atoms with E-state index in [-0.39, 0.29) is 17.3 Å². The maximum Gasteiger partial charge on any atom is 0.339 e. The van der Waals surface area contributed by atoms with Crippen molar-refractivity contribution < 1.29 is 19.4 Å². The molecule has 1 aliphatic heterocycles. The molecular formula is C22H27ClN4O4. The minimum absolute atomic E-state index is 0.0459. The molecule has 1 fully saturated rings. The van der Waals surface area contributed by atoms with E-state index in [1.807, 2.05) is 24.3 Å². The number of ether oxygens (including phenoxy) is 1. The highest BCUT2D eigenvalue weighted by Crippen LogP contribution is 2.23. The third-order valence-electron chi connectivity index (χ3n) is 5.19. The van der Waals surface area contributed by atoms with Gasteiger partial charge in [-0.1, -0.05) is 11.6 Å². The third-order valence-corrected chi connectivity index (χ3v) is 5.44. The second kappa shape index (κ2) is 10.9. The van der Waals surface area contributed by atoms with Crippen molar-refractivity contribution in [1.82, 2.24) is 10.2 Å². The van der Waals surface area contributed by atoms with Crippen LogP contribution in [0.4, 0.5) is 16.2 Å². The first-order chi connectivity index (χ1) is 15.0. The van der Waals surface area contributed by atoms with Gasteiger partial charge in [0.1, 0.15) is 11.3 Å². The van der Waals surface area contributed by atoms with Gasteiger partial charge in [-0.3, -0.25) is 4.90 Å². The van der Waals surface area contributed by atoms with Crippen molar-refractivity contribution in [3.05, 3.63) is 53.1 Å². The fraction of sp³-hybridized carbons (Fsp3) is 0.364. The molecule has 1 aliphatic rings. The molecule has 9 heteroatoms. The molecule has 0 atom stereocenters. The zero-order chi connectivity index (χ0) is 22.2. The van der Waals surface area contributed by atoms with Gasteiger partial charge in [0.05, 0.1) is 7.11 Å². The minimum Gasteiger partial charge on any atom is -0.496 e. The average Bonchev–Trinajstić information content (AvgIpc) is 2.77. The van der Waals surface area contributed by atoms with E-state index in [9.17, 15) is 9.59 Å². The zero-order valence-corrected chi connectivity index (χ0v) is 18.2. The van der Waals surface area contributed by atoms with Gasteiger partial charge in [0.25, 0.3) is 0 Å². The lowest BCUT2D eigenvalue weighted by Crippen LogP contribution is -2.47. The number of carbonyl (C=O) groups is 2. The van der Waals surface area contributed by atoms with Crippen LogP contribution in [0, 0.1) is 0 Å². The Kier molecular flexibility index (Phi) is 7.97. The molecule has 3 N–H and O–H groups in total. The summed E-state index contributed by atoms with van der Waals surface area (Å²) in [5.41, 5.74) is 1.71. The Hall–Kier alpha value is -2.97. The Morgan fingerprint density at radius 1 is 1.10 bits per heavy atom. The Balaban J connectivity index is 1.35. The number of anilines is 2. The van der Waals surface area contributed by atoms with Crippen molar-refractivity contribution >= 4 is 35.0 Å². The van der Waals surface area contributed by atoms with Crippen LogP contribution in [0.1, 0.15) is 16.8 Å².